The Labute approximate surface area is 116 Å². The van der Waals surface area contributed by atoms with E-state index in [1.807, 2.05) is 12.3 Å². The zero-order valence-electron chi connectivity index (χ0n) is 11.8. The van der Waals surface area contributed by atoms with E-state index in [9.17, 15) is 0 Å². The maximum atomic E-state index is 6.46. The van der Waals surface area contributed by atoms with Crippen LogP contribution in [0.1, 0.15) is 50.6 Å². The lowest BCUT2D eigenvalue weighted by Crippen LogP contribution is -2.39. The molecular weight excluding hydrogens is 232 g/mol. The zero-order valence-corrected chi connectivity index (χ0v) is 11.8. The van der Waals surface area contributed by atoms with Crippen LogP contribution in [0.15, 0.2) is 24.4 Å². The predicted octanol–water partition coefficient (Wildman–Crippen LogP) is 3.56. The molecule has 1 heterocycles. The van der Waals surface area contributed by atoms with Gasteiger partial charge in [0.1, 0.15) is 0 Å². The summed E-state index contributed by atoms with van der Waals surface area (Å²) >= 11 is 0. The summed E-state index contributed by atoms with van der Waals surface area (Å²) in [6, 6.07) is 6.44. The molecule has 0 saturated heterocycles. The largest absolute Gasteiger partial charge is 0.327 e. The molecule has 4 atom stereocenters. The van der Waals surface area contributed by atoms with E-state index < -0.39 is 0 Å². The molecule has 0 bridgehead atoms. The topological polar surface area (TPSA) is 38.9 Å². The van der Waals surface area contributed by atoms with Crippen molar-refractivity contribution in [2.45, 2.75) is 57.4 Å². The van der Waals surface area contributed by atoms with E-state index >= 15 is 0 Å². The number of nitrogens with zero attached hydrogens (tertiary/aromatic N) is 1. The molecule has 2 saturated carbocycles. The summed E-state index contributed by atoms with van der Waals surface area (Å²) in [6.45, 7) is 0. The van der Waals surface area contributed by atoms with E-state index in [1.54, 1.807) is 0 Å². The number of fused-ring (bicyclic) bond motifs is 1. The zero-order chi connectivity index (χ0) is 13.1. The van der Waals surface area contributed by atoms with Crippen molar-refractivity contribution in [3.63, 3.8) is 0 Å². The summed E-state index contributed by atoms with van der Waals surface area (Å²) in [7, 11) is 0. The first-order chi connectivity index (χ1) is 9.33. The number of nitrogens with two attached hydrogens (primary N) is 1. The Hall–Kier alpha value is -0.890. The lowest BCUT2D eigenvalue weighted by atomic mass is 9.66. The van der Waals surface area contributed by atoms with Crippen LogP contribution in [0, 0.1) is 17.8 Å². The number of hydrogen-bond donors (Lipinski definition) is 1. The van der Waals surface area contributed by atoms with Crippen LogP contribution >= 0.6 is 0 Å². The van der Waals surface area contributed by atoms with Gasteiger partial charge in [0.05, 0.1) is 0 Å². The minimum absolute atomic E-state index is 0.303. The van der Waals surface area contributed by atoms with Crippen molar-refractivity contribution in [2.75, 3.05) is 0 Å². The summed E-state index contributed by atoms with van der Waals surface area (Å²) in [5.41, 5.74) is 7.62. The maximum Gasteiger partial charge on any atom is 0.0419 e. The maximum absolute atomic E-state index is 6.46. The molecule has 3 rings (SSSR count). The summed E-state index contributed by atoms with van der Waals surface area (Å²) in [5, 5.41) is 0. The smallest absolute Gasteiger partial charge is 0.0419 e. The normalized spacial score (nSPS) is 32.6. The summed E-state index contributed by atoms with van der Waals surface area (Å²) < 4.78 is 0. The van der Waals surface area contributed by atoms with Crippen molar-refractivity contribution in [1.29, 1.82) is 0 Å². The summed E-state index contributed by atoms with van der Waals surface area (Å²) in [6.07, 6.45) is 12.8. The van der Waals surface area contributed by atoms with Crippen molar-refractivity contribution < 1.29 is 0 Å². The van der Waals surface area contributed by atoms with Crippen molar-refractivity contribution in [2.24, 2.45) is 23.5 Å². The van der Waals surface area contributed by atoms with Gasteiger partial charge in [-0.25, -0.2) is 0 Å². The Morgan fingerprint density at radius 1 is 1.11 bits per heavy atom. The molecule has 104 valence electrons. The lowest BCUT2D eigenvalue weighted by molar-refractivity contribution is 0.117. The van der Waals surface area contributed by atoms with Crippen LogP contribution in [0.5, 0.6) is 0 Å². The highest BCUT2D eigenvalue weighted by Gasteiger charge is 2.34. The quantitative estimate of drug-likeness (QED) is 0.900. The first-order valence-corrected chi connectivity index (χ1v) is 7.98. The molecule has 2 fully saturated rings. The molecule has 2 aliphatic rings. The van der Waals surface area contributed by atoms with Crippen LogP contribution in [0.2, 0.25) is 0 Å². The molecule has 0 aliphatic heterocycles. The molecule has 0 spiro atoms. The molecule has 0 radical (unpaired) electrons. The monoisotopic (exact) mass is 258 g/mol. The van der Waals surface area contributed by atoms with E-state index in [1.165, 1.54) is 44.9 Å². The molecule has 4 unspecified atom stereocenters. The third-order valence-electron chi connectivity index (χ3n) is 5.36. The number of aromatic nitrogens is 1. The van der Waals surface area contributed by atoms with Gasteiger partial charge in [0.25, 0.3) is 0 Å². The van der Waals surface area contributed by atoms with Crippen molar-refractivity contribution in [3.8, 4) is 0 Å². The Morgan fingerprint density at radius 3 is 2.74 bits per heavy atom. The first-order valence-electron chi connectivity index (χ1n) is 7.98. The Kier molecular flexibility index (Phi) is 4.17. The van der Waals surface area contributed by atoms with Gasteiger partial charge < -0.3 is 5.73 Å². The van der Waals surface area contributed by atoms with Gasteiger partial charge in [-0.2, -0.15) is 0 Å². The Morgan fingerprint density at radius 2 is 1.95 bits per heavy atom. The van der Waals surface area contributed by atoms with E-state index in [-0.39, 0.29) is 0 Å². The van der Waals surface area contributed by atoms with E-state index in [0.29, 0.717) is 6.04 Å². The Bertz CT molecular complexity index is 390. The van der Waals surface area contributed by atoms with Crippen molar-refractivity contribution in [1.82, 2.24) is 4.98 Å². The first kappa shape index (κ1) is 13.1. The molecule has 1 aromatic rings. The second-order valence-electron chi connectivity index (χ2n) is 6.57. The molecule has 0 aromatic carbocycles. The average molecular weight is 258 g/mol. The minimum Gasteiger partial charge on any atom is -0.327 e. The van der Waals surface area contributed by atoms with E-state index in [0.717, 1.165) is 29.9 Å². The van der Waals surface area contributed by atoms with Gasteiger partial charge in [-0.15, -0.1) is 0 Å². The number of pyridine rings is 1. The van der Waals surface area contributed by atoms with Gasteiger partial charge in [-0.3, -0.25) is 4.98 Å². The molecule has 1 aromatic heterocycles. The third-order valence-corrected chi connectivity index (χ3v) is 5.36. The second-order valence-corrected chi connectivity index (χ2v) is 6.57. The molecule has 0 amide bonds. The summed E-state index contributed by atoms with van der Waals surface area (Å²) in [5.74, 6) is 2.72. The molecule has 2 N–H and O–H groups in total. The lowest BCUT2D eigenvalue weighted by Gasteiger charge is -2.41. The highest BCUT2D eigenvalue weighted by atomic mass is 14.7. The van der Waals surface area contributed by atoms with E-state index in [2.05, 4.69) is 17.1 Å². The highest BCUT2D eigenvalue weighted by Crippen LogP contribution is 2.43. The predicted molar refractivity (Wildman–Crippen MR) is 78.7 cm³/mol. The van der Waals surface area contributed by atoms with Crippen molar-refractivity contribution in [3.05, 3.63) is 30.1 Å². The van der Waals surface area contributed by atoms with Gasteiger partial charge in [-0.1, -0.05) is 31.7 Å². The van der Waals surface area contributed by atoms with Crippen LogP contribution in [-0.4, -0.2) is 11.0 Å². The fourth-order valence-electron chi connectivity index (χ4n) is 4.23. The van der Waals surface area contributed by atoms with Crippen LogP contribution in [-0.2, 0) is 6.42 Å². The van der Waals surface area contributed by atoms with Gasteiger partial charge in [-0.05, 0) is 49.1 Å². The number of hydrogen-bond acceptors (Lipinski definition) is 2. The third kappa shape index (κ3) is 3.17. The average Bonchev–Trinajstić information content (AvgIpc) is 2.48. The number of rotatable bonds is 3. The van der Waals surface area contributed by atoms with E-state index in [4.69, 9.17) is 5.73 Å². The van der Waals surface area contributed by atoms with Gasteiger partial charge in [0, 0.05) is 24.4 Å². The molecule has 2 nitrogen and oxygen atoms in total. The van der Waals surface area contributed by atoms with Gasteiger partial charge in [0.2, 0.25) is 0 Å². The molecule has 2 aliphatic carbocycles. The van der Waals surface area contributed by atoms with Crippen molar-refractivity contribution >= 4 is 0 Å². The second kappa shape index (κ2) is 6.04. The standard InChI is InChI=1S/C17H26N2/c18-17(12-16-7-3-4-10-19-16)15-9-8-13-5-1-2-6-14(13)11-15/h3-4,7,10,13-15,17H,1-2,5-6,8-9,11-12,18H2. The summed E-state index contributed by atoms with van der Waals surface area (Å²) in [4.78, 5) is 4.42. The van der Waals surface area contributed by atoms with Gasteiger partial charge >= 0.3 is 0 Å². The fraction of sp³-hybridized carbons (Fsp3) is 0.706. The van der Waals surface area contributed by atoms with Crippen LogP contribution in [0.4, 0.5) is 0 Å². The van der Waals surface area contributed by atoms with Gasteiger partial charge in [0.15, 0.2) is 0 Å². The van der Waals surface area contributed by atoms with Crippen LogP contribution < -0.4 is 5.73 Å². The molecule has 19 heavy (non-hydrogen) atoms. The fourth-order valence-corrected chi connectivity index (χ4v) is 4.23. The van der Waals surface area contributed by atoms with Crippen LogP contribution in [0.25, 0.3) is 0 Å². The minimum atomic E-state index is 0.303. The van der Waals surface area contributed by atoms with Crippen LogP contribution in [0.3, 0.4) is 0 Å². The molecular formula is C17H26N2. The Balaban J connectivity index is 1.57. The molecule has 2 heteroatoms. The SMILES string of the molecule is NC(Cc1ccccn1)C1CCC2CCCCC2C1. The highest BCUT2D eigenvalue weighted by molar-refractivity contribution is 5.06.